The fourth-order valence-corrected chi connectivity index (χ4v) is 1.79. The molecule has 0 spiro atoms. The molecule has 112 valence electrons. The van der Waals surface area contributed by atoms with Crippen LogP contribution in [0.15, 0.2) is 12.1 Å². The van der Waals surface area contributed by atoms with Gasteiger partial charge >= 0.3 is 0 Å². The van der Waals surface area contributed by atoms with E-state index < -0.39 is 11.0 Å². The van der Waals surface area contributed by atoms with Crippen LogP contribution in [0.4, 0.5) is 5.69 Å². The summed E-state index contributed by atoms with van der Waals surface area (Å²) in [5, 5.41) is 23.8. The van der Waals surface area contributed by atoms with Crippen LogP contribution in [-0.4, -0.2) is 35.3 Å². The van der Waals surface area contributed by atoms with Gasteiger partial charge in [0.25, 0.3) is 5.69 Å². The van der Waals surface area contributed by atoms with Crippen molar-refractivity contribution in [1.29, 1.82) is 0 Å². The predicted octanol–water partition coefficient (Wildman–Crippen LogP) is 1.95. The molecule has 0 aromatic heterocycles. The smallest absolute Gasteiger partial charge is 0.276 e. The zero-order chi connectivity index (χ0) is 15.3. The standard InChI is InChI=1S/C14H22N2O4/c1-9(2)15-7-12(17)8-20-14-6-13(16(18)19)10(3)5-11(14)4/h5-6,9,12,15,17H,7-8H2,1-4H3. The number of benzene rings is 1. The largest absolute Gasteiger partial charge is 0.490 e. The molecule has 6 nitrogen and oxygen atoms in total. The molecule has 20 heavy (non-hydrogen) atoms. The summed E-state index contributed by atoms with van der Waals surface area (Å²) in [6.45, 7) is 8.01. The average molecular weight is 282 g/mol. The van der Waals surface area contributed by atoms with Crippen molar-refractivity contribution in [2.24, 2.45) is 0 Å². The van der Waals surface area contributed by atoms with Gasteiger partial charge in [-0.3, -0.25) is 10.1 Å². The maximum Gasteiger partial charge on any atom is 0.276 e. The van der Waals surface area contributed by atoms with Crippen molar-refractivity contribution in [2.45, 2.75) is 39.8 Å². The van der Waals surface area contributed by atoms with Crippen LogP contribution in [0.1, 0.15) is 25.0 Å². The number of nitrogens with one attached hydrogen (secondary N) is 1. The van der Waals surface area contributed by atoms with E-state index in [0.29, 0.717) is 17.9 Å². The minimum absolute atomic E-state index is 0.0281. The Kier molecular flexibility index (Phi) is 5.91. The summed E-state index contributed by atoms with van der Waals surface area (Å²) in [5.74, 6) is 0.436. The van der Waals surface area contributed by atoms with Gasteiger partial charge in [-0.1, -0.05) is 13.8 Å². The van der Waals surface area contributed by atoms with Crippen molar-refractivity contribution in [3.05, 3.63) is 33.4 Å². The lowest BCUT2D eigenvalue weighted by molar-refractivity contribution is -0.385. The quantitative estimate of drug-likeness (QED) is 0.590. The number of nitro benzene ring substituents is 1. The summed E-state index contributed by atoms with van der Waals surface area (Å²) in [4.78, 5) is 10.5. The van der Waals surface area contributed by atoms with Gasteiger partial charge in [-0.15, -0.1) is 0 Å². The van der Waals surface area contributed by atoms with Gasteiger partial charge in [-0.05, 0) is 25.5 Å². The van der Waals surface area contributed by atoms with Crippen molar-refractivity contribution in [3.8, 4) is 5.75 Å². The van der Waals surface area contributed by atoms with Crippen LogP contribution in [0.25, 0.3) is 0 Å². The minimum Gasteiger partial charge on any atom is -0.490 e. The van der Waals surface area contributed by atoms with Crippen LogP contribution >= 0.6 is 0 Å². The number of nitro groups is 1. The zero-order valence-electron chi connectivity index (χ0n) is 12.3. The molecule has 0 bridgehead atoms. The van der Waals surface area contributed by atoms with Gasteiger partial charge in [0.05, 0.1) is 11.0 Å². The Morgan fingerprint density at radius 3 is 2.55 bits per heavy atom. The summed E-state index contributed by atoms with van der Waals surface area (Å²) < 4.78 is 5.48. The number of aliphatic hydroxyl groups excluding tert-OH is 1. The summed E-state index contributed by atoms with van der Waals surface area (Å²) in [7, 11) is 0. The third-order valence-electron chi connectivity index (χ3n) is 2.88. The fourth-order valence-electron chi connectivity index (χ4n) is 1.79. The summed E-state index contributed by atoms with van der Waals surface area (Å²) in [6, 6.07) is 3.41. The normalized spacial score (nSPS) is 12.5. The molecule has 0 heterocycles. The molecule has 1 unspecified atom stereocenters. The molecule has 0 amide bonds. The van der Waals surface area contributed by atoms with Gasteiger partial charge in [-0.2, -0.15) is 0 Å². The van der Waals surface area contributed by atoms with Gasteiger partial charge in [-0.25, -0.2) is 0 Å². The van der Waals surface area contributed by atoms with Gasteiger partial charge in [0.1, 0.15) is 18.5 Å². The molecule has 0 fully saturated rings. The fraction of sp³-hybridized carbons (Fsp3) is 0.571. The molecule has 2 N–H and O–H groups in total. The highest BCUT2D eigenvalue weighted by molar-refractivity contribution is 5.49. The Hall–Kier alpha value is -1.66. The highest BCUT2D eigenvalue weighted by Gasteiger charge is 2.15. The van der Waals surface area contributed by atoms with Crippen molar-refractivity contribution in [2.75, 3.05) is 13.2 Å². The Balaban J connectivity index is 2.68. The molecular weight excluding hydrogens is 260 g/mol. The number of ether oxygens (including phenoxy) is 1. The maximum absolute atomic E-state index is 10.9. The lowest BCUT2D eigenvalue weighted by Gasteiger charge is -2.16. The van der Waals surface area contributed by atoms with Crippen LogP contribution in [-0.2, 0) is 0 Å². The van der Waals surface area contributed by atoms with E-state index in [2.05, 4.69) is 5.32 Å². The van der Waals surface area contributed by atoms with E-state index in [1.165, 1.54) is 6.07 Å². The van der Waals surface area contributed by atoms with Crippen molar-refractivity contribution >= 4 is 5.69 Å². The Morgan fingerprint density at radius 1 is 1.35 bits per heavy atom. The van der Waals surface area contributed by atoms with Gasteiger partial charge in [0.2, 0.25) is 0 Å². The summed E-state index contributed by atoms with van der Waals surface area (Å²) >= 11 is 0. The van der Waals surface area contributed by atoms with Crippen molar-refractivity contribution in [1.82, 2.24) is 5.32 Å². The monoisotopic (exact) mass is 282 g/mol. The van der Waals surface area contributed by atoms with Crippen LogP contribution in [0.3, 0.4) is 0 Å². The average Bonchev–Trinajstić information content (AvgIpc) is 2.34. The first kappa shape index (κ1) is 16.4. The van der Waals surface area contributed by atoms with E-state index in [1.54, 1.807) is 13.0 Å². The molecule has 0 aliphatic heterocycles. The molecule has 0 aliphatic rings. The lowest BCUT2D eigenvalue weighted by Crippen LogP contribution is -2.35. The molecule has 0 radical (unpaired) electrons. The second-order valence-corrected chi connectivity index (χ2v) is 5.19. The number of hydrogen-bond acceptors (Lipinski definition) is 5. The summed E-state index contributed by atoms with van der Waals surface area (Å²) in [5.41, 5.74) is 1.44. The van der Waals surface area contributed by atoms with Crippen molar-refractivity contribution < 1.29 is 14.8 Å². The molecule has 1 aromatic rings. The van der Waals surface area contributed by atoms with E-state index in [0.717, 1.165) is 5.56 Å². The second-order valence-electron chi connectivity index (χ2n) is 5.19. The molecule has 0 saturated carbocycles. The molecule has 0 aliphatic carbocycles. The van der Waals surface area contributed by atoms with Crippen LogP contribution in [0, 0.1) is 24.0 Å². The molecular formula is C14H22N2O4. The Labute approximate surface area is 118 Å². The van der Waals surface area contributed by atoms with Gasteiger partial charge < -0.3 is 15.2 Å². The maximum atomic E-state index is 10.9. The van der Waals surface area contributed by atoms with E-state index in [4.69, 9.17) is 4.74 Å². The third kappa shape index (κ3) is 4.79. The minimum atomic E-state index is -0.655. The van der Waals surface area contributed by atoms with E-state index in [9.17, 15) is 15.2 Å². The lowest BCUT2D eigenvalue weighted by atomic mass is 10.1. The summed E-state index contributed by atoms with van der Waals surface area (Å²) in [6.07, 6.45) is -0.655. The predicted molar refractivity (Wildman–Crippen MR) is 77.2 cm³/mol. The van der Waals surface area contributed by atoms with E-state index in [-0.39, 0.29) is 18.3 Å². The number of rotatable bonds is 7. The second kappa shape index (κ2) is 7.21. The number of aryl methyl sites for hydroxylation is 2. The molecule has 1 aromatic carbocycles. The highest BCUT2D eigenvalue weighted by atomic mass is 16.6. The van der Waals surface area contributed by atoms with Gasteiger partial charge in [0.15, 0.2) is 0 Å². The number of hydrogen-bond donors (Lipinski definition) is 2. The molecule has 1 rings (SSSR count). The first-order valence-electron chi connectivity index (χ1n) is 6.61. The topological polar surface area (TPSA) is 84.6 Å². The van der Waals surface area contributed by atoms with Crippen LogP contribution in [0.5, 0.6) is 5.75 Å². The molecule has 0 saturated heterocycles. The zero-order valence-corrected chi connectivity index (χ0v) is 12.3. The van der Waals surface area contributed by atoms with E-state index in [1.807, 2.05) is 20.8 Å². The Morgan fingerprint density at radius 2 is 2.00 bits per heavy atom. The first-order valence-corrected chi connectivity index (χ1v) is 6.61. The van der Waals surface area contributed by atoms with Gasteiger partial charge in [0, 0.05) is 18.2 Å². The number of nitrogens with zero attached hydrogens (tertiary/aromatic N) is 1. The SMILES string of the molecule is Cc1cc(C)c([N+](=O)[O-])cc1OCC(O)CNC(C)C. The molecule has 6 heteroatoms. The first-order chi connectivity index (χ1) is 9.31. The highest BCUT2D eigenvalue weighted by Crippen LogP contribution is 2.28. The molecule has 1 atom stereocenters. The Bertz CT molecular complexity index is 474. The van der Waals surface area contributed by atoms with Crippen LogP contribution in [0.2, 0.25) is 0 Å². The van der Waals surface area contributed by atoms with Crippen LogP contribution < -0.4 is 10.1 Å². The number of aliphatic hydroxyl groups is 1. The van der Waals surface area contributed by atoms with E-state index >= 15 is 0 Å². The van der Waals surface area contributed by atoms with Crippen molar-refractivity contribution in [3.63, 3.8) is 0 Å². The third-order valence-corrected chi connectivity index (χ3v) is 2.88.